The van der Waals surface area contributed by atoms with Crippen LogP contribution in [0.2, 0.25) is 0 Å². The number of hydrogen-bond donors (Lipinski definition) is 3. The maximum absolute atomic E-state index is 11.8. The molecule has 0 aromatic heterocycles. The topological polar surface area (TPSA) is 73.7 Å². The highest BCUT2D eigenvalue weighted by Gasteiger charge is 2.00. The molecule has 0 aliphatic rings. The molecule has 0 atom stereocenters. The van der Waals surface area contributed by atoms with Gasteiger partial charge in [0.2, 0.25) is 0 Å². The summed E-state index contributed by atoms with van der Waals surface area (Å²) < 4.78 is 0. The lowest BCUT2D eigenvalue weighted by Gasteiger charge is -2.06. The van der Waals surface area contributed by atoms with Crippen molar-refractivity contribution < 1.29 is 9.90 Å². The standard InChI is InChI=1S/C19H17N3O2/c23-18-9-5-14(6-10-18)12-21-22-19(24)13-20-17-8-7-15-3-1-2-4-16(15)11-17/h1-12,20,23H,13H2,(H,22,24)/b21-12+. The number of amides is 1. The molecule has 3 rings (SSSR count). The Balaban J connectivity index is 1.52. The van der Waals surface area contributed by atoms with E-state index >= 15 is 0 Å². The van der Waals surface area contributed by atoms with E-state index in [2.05, 4.69) is 15.8 Å². The molecule has 3 aromatic rings. The van der Waals surface area contributed by atoms with Gasteiger partial charge in [-0.2, -0.15) is 5.10 Å². The van der Waals surface area contributed by atoms with Crippen molar-refractivity contribution in [3.8, 4) is 5.75 Å². The van der Waals surface area contributed by atoms with Crippen molar-refractivity contribution in [2.24, 2.45) is 5.10 Å². The molecule has 24 heavy (non-hydrogen) atoms. The zero-order chi connectivity index (χ0) is 16.8. The molecule has 3 aromatic carbocycles. The van der Waals surface area contributed by atoms with Crippen molar-refractivity contribution in [1.82, 2.24) is 5.43 Å². The summed E-state index contributed by atoms with van der Waals surface area (Å²) in [5, 5.41) is 18.4. The first-order valence-corrected chi connectivity index (χ1v) is 7.54. The van der Waals surface area contributed by atoms with Gasteiger partial charge in [-0.25, -0.2) is 5.43 Å². The molecule has 1 amide bonds. The number of fused-ring (bicyclic) bond motifs is 1. The lowest BCUT2D eigenvalue weighted by Crippen LogP contribution is -2.25. The van der Waals surface area contributed by atoms with Crippen LogP contribution in [-0.4, -0.2) is 23.8 Å². The molecule has 5 nitrogen and oxygen atoms in total. The molecule has 0 bridgehead atoms. The summed E-state index contributed by atoms with van der Waals surface area (Å²) in [5.74, 6) is -0.0473. The molecule has 0 heterocycles. The summed E-state index contributed by atoms with van der Waals surface area (Å²) >= 11 is 0. The van der Waals surface area contributed by atoms with Crippen molar-refractivity contribution in [3.63, 3.8) is 0 Å². The SMILES string of the molecule is O=C(CNc1ccc2ccccc2c1)N/N=C/c1ccc(O)cc1. The minimum atomic E-state index is -0.238. The Morgan fingerprint density at radius 2 is 1.75 bits per heavy atom. The van der Waals surface area contributed by atoms with Crippen LogP contribution in [0.3, 0.4) is 0 Å². The first kappa shape index (κ1) is 15.6. The van der Waals surface area contributed by atoms with Gasteiger partial charge in [-0.05, 0) is 52.7 Å². The number of hydrazone groups is 1. The fourth-order valence-corrected chi connectivity index (χ4v) is 2.26. The second-order valence-electron chi connectivity index (χ2n) is 5.30. The number of hydrogen-bond acceptors (Lipinski definition) is 4. The molecule has 5 heteroatoms. The van der Waals surface area contributed by atoms with Gasteiger partial charge in [0.1, 0.15) is 5.75 Å². The molecule has 0 radical (unpaired) electrons. The molecule has 0 aliphatic heterocycles. The number of phenolic OH excluding ortho intramolecular Hbond substituents is 1. The number of nitrogens with one attached hydrogen (secondary N) is 2. The normalized spacial score (nSPS) is 10.8. The van der Waals surface area contributed by atoms with E-state index < -0.39 is 0 Å². The summed E-state index contributed by atoms with van der Waals surface area (Å²) in [5.41, 5.74) is 4.13. The molecular formula is C19H17N3O2. The molecule has 0 saturated carbocycles. The second-order valence-corrected chi connectivity index (χ2v) is 5.30. The van der Waals surface area contributed by atoms with Crippen LogP contribution < -0.4 is 10.7 Å². The summed E-state index contributed by atoms with van der Waals surface area (Å²) in [7, 11) is 0. The van der Waals surface area contributed by atoms with Crippen LogP contribution in [0.15, 0.2) is 71.8 Å². The van der Waals surface area contributed by atoms with Gasteiger partial charge in [0.25, 0.3) is 5.91 Å². The third kappa shape index (κ3) is 4.10. The van der Waals surface area contributed by atoms with E-state index in [-0.39, 0.29) is 18.2 Å². The van der Waals surface area contributed by atoms with Crippen molar-refractivity contribution in [2.75, 3.05) is 11.9 Å². The predicted molar refractivity (Wildman–Crippen MR) is 96.3 cm³/mol. The van der Waals surface area contributed by atoms with E-state index in [1.165, 1.54) is 6.21 Å². The number of carbonyl (C=O) groups excluding carboxylic acids is 1. The van der Waals surface area contributed by atoms with E-state index in [0.717, 1.165) is 22.0 Å². The van der Waals surface area contributed by atoms with Crippen molar-refractivity contribution in [2.45, 2.75) is 0 Å². The maximum Gasteiger partial charge on any atom is 0.259 e. The molecule has 120 valence electrons. The van der Waals surface area contributed by atoms with Gasteiger partial charge in [-0.1, -0.05) is 30.3 Å². The van der Waals surface area contributed by atoms with Crippen LogP contribution in [0.25, 0.3) is 10.8 Å². The van der Waals surface area contributed by atoms with Gasteiger partial charge in [0, 0.05) is 5.69 Å². The van der Waals surface area contributed by atoms with E-state index in [9.17, 15) is 9.90 Å². The molecular weight excluding hydrogens is 302 g/mol. The van der Waals surface area contributed by atoms with Crippen LogP contribution in [0, 0.1) is 0 Å². The van der Waals surface area contributed by atoms with Gasteiger partial charge in [-0.3, -0.25) is 4.79 Å². The van der Waals surface area contributed by atoms with Crippen LogP contribution in [0.5, 0.6) is 5.75 Å². The largest absolute Gasteiger partial charge is 0.508 e. The summed E-state index contributed by atoms with van der Waals surface area (Å²) in [6.45, 7) is 0.130. The summed E-state index contributed by atoms with van der Waals surface area (Å²) in [4.78, 5) is 11.8. The minimum Gasteiger partial charge on any atom is -0.508 e. The number of benzene rings is 3. The Morgan fingerprint density at radius 3 is 2.54 bits per heavy atom. The van der Waals surface area contributed by atoms with Gasteiger partial charge >= 0.3 is 0 Å². The smallest absolute Gasteiger partial charge is 0.259 e. The Labute approximate surface area is 139 Å². The fraction of sp³-hybridized carbons (Fsp3) is 0.0526. The van der Waals surface area contributed by atoms with Crippen molar-refractivity contribution in [3.05, 3.63) is 72.3 Å². The van der Waals surface area contributed by atoms with Crippen LogP contribution in [0.4, 0.5) is 5.69 Å². The van der Waals surface area contributed by atoms with Gasteiger partial charge in [0.15, 0.2) is 0 Å². The zero-order valence-corrected chi connectivity index (χ0v) is 12.9. The lowest BCUT2D eigenvalue weighted by atomic mass is 10.1. The van der Waals surface area contributed by atoms with E-state index in [1.807, 2.05) is 42.5 Å². The molecule has 3 N–H and O–H groups in total. The quantitative estimate of drug-likeness (QED) is 0.500. The second kappa shape index (κ2) is 7.28. The third-order valence-electron chi connectivity index (χ3n) is 3.50. The van der Waals surface area contributed by atoms with Crippen LogP contribution in [0.1, 0.15) is 5.56 Å². The highest BCUT2D eigenvalue weighted by Crippen LogP contribution is 2.18. The molecule has 0 spiro atoms. The highest BCUT2D eigenvalue weighted by atomic mass is 16.3. The number of phenols is 1. The summed E-state index contributed by atoms with van der Waals surface area (Å²) in [6, 6.07) is 20.5. The number of anilines is 1. The summed E-state index contributed by atoms with van der Waals surface area (Å²) in [6.07, 6.45) is 1.52. The number of rotatable bonds is 5. The van der Waals surface area contributed by atoms with Gasteiger partial charge < -0.3 is 10.4 Å². The van der Waals surface area contributed by atoms with Crippen molar-refractivity contribution in [1.29, 1.82) is 0 Å². The first-order chi connectivity index (χ1) is 11.7. The first-order valence-electron chi connectivity index (χ1n) is 7.54. The maximum atomic E-state index is 11.8. The third-order valence-corrected chi connectivity index (χ3v) is 3.50. The van der Waals surface area contributed by atoms with E-state index in [4.69, 9.17) is 0 Å². The van der Waals surface area contributed by atoms with Crippen LogP contribution in [-0.2, 0) is 4.79 Å². The zero-order valence-electron chi connectivity index (χ0n) is 12.9. The molecule has 0 fully saturated rings. The molecule has 0 aliphatic carbocycles. The van der Waals surface area contributed by atoms with Crippen LogP contribution >= 0.6 is 0 Å². The van der Waals surface area contributed by atoms with E-state index in [0.29, 0.717) is 0 Å². The molecule has 0 saturated heterocycles. The number of nitrogens with zero attached hydrogens (tertiary/aromatic N) is 1. The Kier molecular flexibility index (Phi) is 4.72. The van der Waals surface area contributed by atoms with Gasteiger partial charge in [0.05, 0.1) is 12.8 Å². The minimum absolute atomic E-state index is 0.130. The highest BCUT2D eigenvalue weighted by molar-refractivity contribution is 5.87. The van der Waals surface area contributed by atoms with Crippen molar-refractivity contribution >= 4 is 28.6 Å². The Bertz CT molecular complexity index is 873. The number of aromatic hydroxyl groups is 1. The predicted octanol–water partition coefficient (Wildman–Crippen LogP) is 3.11. The number of carbonyl (C=O) groups is 1. The molecule has 0 unspecified atom stereocenters. The van der Waals surface area contributed by atoms with Gasteiger partial charge in [-0.15, -0.1) is 0 Å². The average Bonchev–Trinajstić information content (AvgIpc) is 2.61. The Morgan fingerprint density at radius 1 is 1.00 bits per heavy atom. The Hall–Kier alpha value is -3.34. The average molecular weight is 319 g/mol. The monoisotopic (exact) mass is 319 g/mol. The fourth-order valence-electron chi connectivity index (χ4n) is 2.26. The van der Waals surface area contributed by atoms with E-state index in [1.54, 1.807) is 24.3 Å². The lowest BCUT2D eigenvalue weighted by molar-refractivity contribution is -0.119.